The van der Waals surface area contributed by atoms with Crippen LogP contribution in [0.2, 0.25) is 0 Å². The first-order valence-electron chi connectivity index (χ1n) is 8.87. The Kier molecular flexibility index (Phi) is 5.40. The number of amides is 2. The van der Waals surface area contributed by atoms with Gasteiger partial charge in [-0.2, -0.15) is 0 Å². The summed E-state index contributed by atoms with van der Waals surface area (Å²) in [6, 6.07) is 4.19. The number of hydrogen-bond donors (Lipinski definition) is 2. The van der Waals surface area contributed by atoms with E-state index in [0.717, 1.165) is 37.2 Å². The number of carbonyl (C=O) groups is 2. The molecule has 1 atom stereocenters. The Balaban J connectivity index is 1.71. The van der Waals surface area contributed by atoms with Gasteiger partial charge in [0.15, 0.2) is 0 Å². The molecule has 6 nitrogen and oxygen atoms in total. The summed E-state index contributed by atoms with van der Waals surface area (Å²) in [5, 5.41) is 5.65. The van der Waals surface area contributed by atoms with Crippen LogP contribution in [0, 0.1) is 5.82 Å². The number of anilines is 2. The van der Waals surface area contributed by atoms with Gasteiger partial charge >= 0.3 is 0 Å². The molecule has 0 aromatic heterocycles. The van der Waals surface area contributed by atoms with Gasteiger partial charge in [-0.1, -0.05) is 0 Å². The highest BCUT2D eigenvalue weighted by molar-refractivity contribution is 5.90. The highest BCUT2D eigenvalue weighted by atomic mass is 19.1. The van der Waals surface area contributed by atoms with E-state index in [-0.39, 0.29) is 24.2 Å². The second-order valence-corrected chi connectivity index (χ2v) is 6.74. The van der Waals surface area contributed by atoms with Crippen molar-refractivity contribution in [2.45, 2.75) is 31.7 Å². The smallest absolute Gasteiger partial charge is 0.242 e. The van der Waals surface area contributed by atoms with Gasteiger partial charge in [0.1, 0.15) is 11.9 Å². The SMILES string of the molecule is CN1CCCN(CC(=O)N[C@H]2CCCCNC2=O)c2cc(F)ccc21. The van der Waals surface area contributed by atoms with Gasteiger partial charge in [-0.25, -0.2) is 4.39 Å². The molecular weight excluding hydrogens is 323 g/mol. The molecule has 136 valence electrons. The average Bonchev–Trinajstić information content (AvgIpc) is 2.86. The lowest BCUT2D eigenvalue weighted by molar-refractivity contribution is -0.128. The molecule has 2 amide bonds. The molecule has 1 fully saturated rings. The lowest BCUT2D eigenvalue weighted by atomic mass is 10.1. The van der Waals surface area contributed by atoms with E-state index in [4.69, 9.17) is 0 Å². The standard InChI is InChI=1S/C18H25FN4O2/c1-22-9-4-10-23(16-11-13(19)6-7-15(16)22)12-17(24)21-14-5-2-3-8-20-18(14)25/h6-7,11,14H,2-5,8-10,12H2,1H3,(H,20,25)(H,21,24)/t14-/m0/s1. The Bertz CT molecular complexity index is 652. The number of nitrogens with zero attached hydrogens (tertiary/aromatic N) is 2. The van der Waals surface area contributed by atoms with E-state index in [1.165, 1.54) is 12.1 Å². The van der Waals surface area contributed by atoms with Gasteiger partial charge in [0.05, 0.1) is 17.9 Å². The van der Waals surface area contributed by atoms with E-state index in [0.29, 0.717) is 19.5 Å². The minimum absolute atomic E-state index is 0.118. The van der Waals surface area contributed by atoms with Gasteiger partial charge in [-0.3, -0.25) is 9.59 Å². The third kappa shape index (κ3) is 4.21. The Hall–Kier alpha value is -2.31. The molecule has 0 bridgehead atoms. The summed E-state index contributed by atoms with van der Waals surface area (Å²) in [6.45, 7) is 2.30. The first kappa shape index (κ1) is 17.5. The van der Waals surface area contributed by atoms with Gasteiger partial charge < -0.3 is 20.4 Å². The minimum atomic E-state index is -0.475. The van der Waals surface area contributed by atoms with Crippen molar-refractivity contribution in [3.8, 4) is 0 Å². The van der Waals surface area contributed by atoms with Crippen LogP contribution in [0.3, 0.4) is 0 Å². The van der Waals surface area contributed by atoms with Gasteiger partial charge in [0.2, 0.25) is 11.8 Å². The van der Waals surface area contributed by atoms with Gasteiger partial charge in [0, 0.05) is 26.7 Å². The predicted molar refractivity (Wildman–Crippen MR) is 95.3 cm³/mol. The van der Waals surface area contributed by atoms with E-state index in [2.05, 4.69) is 15.5 Å². The third-order valence-electron chi connectivity index (χ3n) is 4.82. The van der Waals surface area contributed by atoms with E-state index in [1.54, 1.807) is 6.07 Å². The third-order valence-corrected chi connectivity index (χ3v) is 4.82. The number of carbonyl (C=O) groups excluding carboxylic acids is 2. The summed E-state index contributed by atoms with van der Waals surface area (Å²) in [5.41, 5.74) is 1.64. The highest BCUT2D eigenvalue weighted by Crippen LogP contribution is 2.32. The summed E-state index contributed by atoms with van der Waals surface area (Å²) in [4.78, 5) is 28.4. The molecule has 0 unspecified atom stereocenters. The van der Waals surface area contributed by atoms with E-state index >= 15 is 0 Å². The number of nitrogens with one attached hydrogen (secondary N) is 2. The maximum absolute atomic E-state index is 13.7. The number of rotatable bonds is 3. The normalized spacial score (nSPS) is 21.0. The minimum Gasteiger partial charge on any atom is -0.373 e. The highest BCUT2D eigenvalue weighted by Gasteiger charge is 2.25. The topological polar surface area (TPSA) is 64.7 Å². The van der Waals surface area contributed by atoms with Crippen molar-refractivity contribution >= 4 is 23.2 Å². The molecule has 2 heterocycles. The second-order valence-electron chi connectivity index (χ2n) is 6.74. The fraction of sp³-hybridized carbons (Fsp3) is 0.556. The molecule has 1 saturated heterocycles. The van der Waals surface area contributed by atoms with Crippen LogP contribution in [0.5, 0.6) is 0 Å². The van der Waals surface area contributed by atoms with Crippen molar-refractivity contribution < 1.29 is 14.0 Å². The first-order valence-corrected chi connectivity index (χ1v) is 8.87. The van der Waals surface area contributed by atoms with Crippen LogP contribution < -0.4 is 20.4 Å². The van der Waals surface area contributed by atoms with Crippen molar-refractivity contribution in [1.29, 1.82) is 0 Å². The zero-order valence-electron chi connectivity index (χ0n) is 14.6. The molecule has 25 heavy (non-hydrogen) atoms. The zero-order valence-corrected chi connectivity index (χ0v) is 14.6. The Morgan fingerprint density at radius 2 is 2.12 bits per heavy atom. The largest absolute Gasteiger partial charge is 0.373 e. The van der Waals surface area contributed by atoms with Crippen molar-refractivity contribution in [1.82, 2.24) is 10.6 Å². The maximum atomic E-state index is 13.7. The fourth-order valence-electron chi connectivity index (χ4n) is 3.47. The quantitative estimate of drug-likeness (QED) is 0.863. The number of halogens is 1. The van der Waals surface area contributed by atoms with Crippen LogP contribution in [0.1, 0.15) is 25.7 Å². The fourth-order valence-corrected chi connectivity index (χ4v) is 3.47. The molecule has 2 N–H and O–H groups in total. The summed E-state index contributed by atoms with van der Waals surface area (Å²) in [7, 11) is 1.97. The maximum Gasteiger partial charge on any atom is 0.242 e. The Labute approximate surface area is 147 Å². The summed E-state index contributed by atoms with van der Waals surface area (Å²) in [6.07, 6.45) is 3.38. The molecule has 2 aliphatic rings. The molecule has 0 radical (unpaired) electrons. The first-order chi connectivity index (χ1) is 12.0. The van der Waals surface area contributed by atoms with Crippen LogP contribution in [-0.2, 0) is 9.59 Å². The lowest BCUT2D eigenvalue weighted by Gasteiger charge is -2.26. The number of hydrogen-bond acceptors (Lipinski definition) is 4. The van der Waals surface area contributed by atoms with Crippen LogP contribution in [-0.4, -0.2) is 51.1 Å². The average molecular weight is 348 g/mol. The Morgan fingerprint density at radius 1 is 1.28 bits per heavy atom. The molecule has 2 aliphatic heterocycles. The van der Waals surface area contributed by atoms with Gasteiger partial charge in [-0.15, -0.1) is 0 Å². The van der Waals surface area contributed by atoms with Crippen molar-refractivity contribution in [2.75, 3.05) is 43.0 Å². The van der Waals surface area contributed by atoms with Gasteiger partial charge in [-0.05, 0) is 43.9 Å². The summed E-state index contributed by atoms with van der Waals surface area (Å²) < 4.78 is 13.7. The van der Waals surface area contributed by atoms with Gasteiger partial charge in [0.25, 0.3) is 0 Å². The molecule has 1 aromatic rings. The van der Waals surface area contributed by atoms with Crippen LogP contribution in [0.4, 0.5) is 15.8 Å². The van der Waals surface area contributed by atoms with E-state index < -0.39 is 6.04 Å². The molecule has 7 heteroatoms. The predicted octanol–water partition coefficient (Wildman–Crippen LogP) is 1.26. The zero-order chi connectivity index (χ0) is 17.8. The van der Waals surface area contributed by atoms with Crippen LogP contribution in [0.25, 0.3) is 0 Å². The molecule has 0 spiro atoms. The van der Waals surface area contributed by atoms with Crippen molar-refractivity contribution in [3.05, 3.63) is 24.0 Å². The van der Waals surface area contributed by atoms with Crippen molar-refractivity contribution in [3.63, 3.8) is 0 Å². The molecule has 0 saturated carbocycles. The molecule has 3 rings (SSSR count). The number of benzene rings is 1. The lowest BCUT2D eigenvalue weighted by Crippen LogP contribution is -2.48. The second kappa shape index (κ2) is 7.72. The number of fused-ring (bicyclic) bond motifs is 1. The van der Waals surface area contributed by atoms with Crippen LogP contribution >= 0.6 is 0 Å². The molecule has 0 aliphatic carbocycles. The Morgan fingerprint density at radius 3 is 2.96 bits per heavy atom. The summed E-state index contributed by atoms with van der Waals surface area (Å²) >= 11 is 0. The van der Waals surface area contributed by atoms with Crippen LogP contribution in [0.15, 0.2) is 18.2 Å². The van der Waals surface area contributed by atoms with E-state index in [1.807, 2.05) is 11.9 Å². The van der Waals surface area contributed by atoms with E-state index in [9.17, 15) is 14.0 Å². The molecule has 1 aromatic carbocycles. The van der Waals surface area contributed by atoms with Crippen molar-refractivity contribution in [2.24, 2.45) is 0 Å². The monoisotopic (exact) mass is 348 g/mol. The molecular formula is C18H25FN4O2. The summed E-state index contributed by atoms with van der Waals surface area (Å²) in [5.74, 6) is -0.641.